The topological polar surface area (TPSA) is 3.24 Å². The van der Waals surface area contributed by atoms with E-state index < -0.39 is 101 Å². The van der Waals surface area contributed by atoms with E-state index in [-0.39, 0.29) is 5.69 Å². The molecule has 0 aliphatic heterocycles. The van der Waals surface area contributed by atoms with Gasteiger partial charge in [0.15, 0.2) is 0 Å². The molecule has 240 valence electrons. The maximum Gasteiger partial charge on any atom is 0.0645 e. The van der Waals surface area contributed by atoms with Crippen LogP contribution in [0.2, 0.25) is 0 Å². The first-order chi connectivity index (χ1) is 30.7. The van der Waals surface area contributed by atoms with Gasteiger partial charge in [-0.2, -0.15) is 0 Å². The molecular weight excluding hydrogens is 615 g/mol. The summed E-state index contributed by atoms with van der Waals surface area (Å²) in [5, 5.41) is 4.10. The maximum absolute atomic E-state index is 9.59. The summed E-state index contributed by atoms with van der Waals surface area (Å²) in [6, 6.07) is 34.2. The summed E-state index contributed by atoms with van der Waals surface area (Å²) in [4.78, 5) is 1.66. The van der Waals surface area contributed by atoms with E-state index in [1.807, 2.05) is 133 Å². The van der Waals surface area contributed by atoms with Crippen LogP contribution < -0.4 is 4.90 Å². The molecular formula is C50H35N. The molecule has 1 heteroatoms. The molecule has 0 spiro atoms. The zero-order valence-corrected chi connectivity index (χ0v) is 27.1. The molecule has 0 saturated carbocycles. The monoisotopic (exact) mass is 662 g/mol. The first kappa shape index (κ1) is 19.5. The zero-order valence-electron chi connectivity index (χ0n) is 40.1. The Morgan fingerprint density at radius 1 is 0.314 bits per heavy atom. The van der Waals surface area contributed by atoms with Gasteiger partial charge in [0.05, 0.1) is 17.8 Å². The average molecular weight is 663 g/mol. The van der Waals surface area contributed by atoms with Crippen LogP contribution in [0.15, 0.2) is 212 Å². The molecule has 0 aliphatic rings. The second kappa shape index (κ2) is 13.3. The van der Waals surface area contributed by atoms with E-state index in [9.17, 15) is 5.48 Å². The van der Waals surface area contributed by atoms with Crippen LogP contribution in [0.4, 0.5) is 17.1 Å². The third kappa shape index (κ3) is 5.96. The highest BCUT2D eigenvalue weighted by Crippen LogP contribution is 2.41. The summed E-state index contributed by atoms with van der Waals surface area (Å²) in [6.45, 7) is 0. The molecule has 0 unspecified atom stereocenters. The summed E-state index contributed by atoms with van der Waals surface area (Å²) < 4.78 is 115. The molecule has 51 heavy (non-hydrogen) atoms. The van der Waals surface area contributed by atoms with Crippen LogP contribution in [0, 0.1) is 0 Å². The Morgan fingerprint density at radius 2 is 0.725 bits per heavy atom. The Labute approximate surface area is 317 Å². The van der Waals surface area contributed by atoms with Crippen LogP contribution >= 0.6 is 0 Å². The molecule has 0 heterocycles. The van der Waals surface area contributed by atoms with E-state index in [1.54, 1.807) is 4.90 Å². The lowest BCUT2D eigenvalue weighted by Crippen LogP contribution is -2.10. The fourth-order valence-corrected chi connectivity index (χ4v) is 6.47. The number of hydrogen-bond acceptors (Lipinski definition) is 1. The number of fused-ring (bicyclic) bond motifs is 2. The predicted octanol–water partition coefficient (Wildman–Crippen LogP) is 14.1. The van der Waals surface area contributed by atoms with Gasteiger partial charge in [-0.05, 0) is 102 Å². The van der Waals surface area contributed by atoms with Crippen molar-refractivity contribution in [3.63, 3.8) is 0 Å². The molecule has 0 aliphatic carbocycles. The van der Waals surface area contributed by atoms with Crippen LogP contribution in [-0.2, 0) is 0 Å². The van der Waals surface area contributed by atoms with Gasteiger partial charge in [0.25, 0.3) is 0 Å². The molecule has 0 aromatic heterocycles. The number of benzene rings is 9. The van der Waals surface area contributed by atoms with Crippen LogP contribution in [-0.4, -0.2) is 0 Å². The van der Waals surface area contributed by atoms with Crippen molar-refractivity contribution in [2.24, 2.45) is 0 Å². The number of anilines is 3. The van der Waals surface area contributed by atoms with Gasteiger partial charge in [-0.25, -0.2) is 0 Å². The fraction of sp³-hybridized carbons (Fsp3) is 0. The first-order valence-corrected chi connectivity index (χ1v) is 16.5. The van der Waals surface area contributed by atoms with Gasteiger partial charge < -0.3 is 4.90 Å². The summed E-state index contributed by atoms with van der Waals surface area (Å²) in [5.74, 6) is 0. The number of nitrogens with zero attached hydrogens (tertiary/aromatic N) is 1. The molecule has 1 nitrogen and oxygen atoms in total. The molecule has 0 N–H and O–H groups in total. The van der Waals surface area contributed by atoms with Gasteiger partial charge in [-0.15, -0.1) is 0 Å². The van der Waals surface area contributed by atoms with Gasteiger partial charge in [0.2, 0.25) is 0 Å². The van der Waals surface area contributed by atoms with Crippen molar-refractivity contribution in [2.45, 2.75) is 0 Å². The molecule has 0 fully saturated rings. The zero-order chi connectivity index (χ0) is 45.3. The van der Waals surface area contributed by atoms with Crippen LogP contribution in [0.1, 0.15) is 17.8 Å². The van der Waals surface area contributed by atoms with E-state index in [4.69, 9.17) is 12.3 Å². The highest BCUT2D eigenvalue weighted by Gasteiger charge is 2.16. The Hall–Kier alpha value is -6.70. The summed E-state index contributed by atoms with van der Waals surface area (Å²) in [6.07, 6.45) is 0. The Balaban J connectivity index is 1.28. The smallest absolute Gasteiger partial charge is 0.0645 e. The fourth-order valence-electron chi connectivity index (χ4n) is 6.47. The van der Waals surface area contributed by atoms with Crippen molar-refractivity contribution < 1.29 is 17.8 Å². The van der Waals surface area contributed by atoms with Gasteiger partial charge >= 0.3 is 0 Å². The molecule has 0 amide bonds. The Kier molecular flexibility index (Phi) is 5.08. The first-order valence-electron chi connectivity index (χ1n) is 23.0. The van der Waals surface area contributed by atoms with Crippen molar-refractivity contribution >= 4 is 38.6 Å². The highest BCUT2D eigenvalue weighted by molar-refractivity contribution is 5.99. The van der Waals surface area contributed by atoms with E-state index in [0.717, 1.165) is 43.8 Å². The van der Waals surface area contributed by atoms with E-state index in [2.05, 4.69) is 0 Å². The normalized spacial score (nSPS) is 14.7. The molecule has 0 saturated heterocycles. The lowest BCUT2D eigenvalue weighted by atomic mass is 9.96. The molecule has 9 aromatic rings. The third-order valence-electron chi connectivity index (χ3n) is 8.87. The van der Waals surface area contributed by atoms with E-state index >= 15 is 0 Å². The SMILES string of the molecule is [2H]c1c([2H])c([2H])c(-c2c([2H])c([2H])c(-c3c([2H])c([2H])c(N(c4cccc(-c5cccc6ccccc56)c4)c4cccc(-c5cccc6ccccc56)c4)c([2H])c3[2H])c([2H])c2[2H])c([2H])c1[2H]. The molecule has 0 radical (unpaired) electrons. The maximum atomic E-state index is 9.59. The van der Waals surface area contributed by atoms with Crippen molar-refractivity contribution in [1.82, 2.24) is 0 Å². The second-order valence-electron chi connectivity index (χ2n) is 12.0. The van der Waals surface area contributed by atoms with E-state index in [1.165, 1.54) is 0 Å². The standard InChI is InChI=1S/C50H35N/c1-2-12-36(13-3-1)37-26-28-38(29-27-37)39-30-32-44(33-31-39)51(45-20-8-18-42(34-45)49-24-10-16-40-14-4-6-22-47(40)49)46-21-9-19-43(35-46)50-25-11-17-41-15-5-7-23-48(41)50/h1-35H/i1D,2D,3D,12D,13D,26D,27D,28D,29D,30D,31D,32D,33D. The van der Waals surface area contributed by atoms with Crippen LogP contribution in [0.3, 0.4) is 0 Å². The lowest BCUT2D eigenvalue weighted by Gasteiger charge is -2.27. The van der Waals surface area contributed by atoms with Gasteiger partial charge in [-0.3, -0.25) is 0 Å². The minimum Gasteiger partial charge on any atom is -0.310 e. The highest BCUT2D eigenvalue weighted by atomic mass is 15.1. The molecule has 0 atom stereocenters. The minimum absolute atomic E-state index is 0.130. The predicted molar refractivity (Wildman–Crippen MR) is 218 cm³/mol. The molecule has 0 bridgehead atoms. The molecule has 9 aromatic carbocycles. The van der Waals surface area contributed by atoms with Crippen molar-refractivity contribution in [3.8, 4) is 44.5 Å². The summed E-state index contributed by atoms with van der Waals surface area (Å²) in [7, 11) is 0. The minimum atomic E-state index is -0.771. The van der Waals surface area contributed by atoms with Crippen molar-refractivity contribution in [1.29, 1.82) is 0 Å². The largest absolute Gasteiger partial charge is 0.310 e. The third-order valence-corrected chi connectivity index (χ3v) is 8.87. The Morgan fingerprint density at radius 3 is 1.24 bits per heavy atom. The average Bonchev–Trinajstić information content (AvgIpc) is 3.32. The Bertz CT molecular complexity index is 3180. The summed E-state index contributed by atoms with van der Waals surface area (Å²) in [5.41, 5.74) is 2.34. The number of rotatable bonds is 7. The molecule has 9 rings (SSSR count). The van der Waals surface area contributed by atoms with Crippen LogP contribution in [0.5, 0.6) is 0 Å². The van der Waals surface area contributed by atoms with Gasteiger partial charge in [0.1, 0.15) is 0 Å². The van der Waals surface area contributed by atoms with Gasteiger partial charge in [0, 0.05) is 17.1 Å². The van der Waals surface area contributed by atoms with E-state index in [0.29, 0.717) is 11.4 Å². The number of hydrogen-bond donors (Lipinski definition) is 0. The van der Waals surface area contributed by atoms with Crippen molar-refractivity contribution in [2.75, 3.05) is 4.90 Å². The lowest BCUT2D eigenvalue weighted by molar-refractivity contribution is 1.28. The van der Waals surface area contributed by atoms with Crippen molar-refractivity contribution in [3.05, 3.63) is 212 Å². The van der Waals surface area contributed by atoms with Crippen LogP contribution in [0.25, 0.3) is 66.1 Å². The quantitative estimate of drug-likeness (QED) is 0.164. The summed E-state index contributed by atoms with van der Waals surface area (Å²) >= 11 is 0. The van der Waals surface area contributed by atoms with Gasteiger partial charge in [-0.1, -0.05) is 176 Å². The second-order valence-corrected chi connectivity index (χ2v) is 12.0.